The van der Waals surface area contributed by atoms with Gasteiger partial charge in [-0.2, -0.15) is 0 Å². The van der Waals surface area contributed by atoms with E-state index in [1.807, 2.05) is 0 Å². The molecular weight excluding hydrogens is 240 g/mol. The van der Waals surface area contributed by atoms with Crippen LogP contribution in [0.3, 0.4) is 0 Å². The van der Waals surface area contributed by atoms with Gasteiger partial charge in [-0.05, 0) is 19.3 Å². The van der Waals surface area contributed by atoms with Crippen LogP contribution in [0.1, 0.15) is 44.9 Å². The second-order valence-electron chi connectivity index (χ2n) is 5.68. The van der Waals surface area contributed by atoms with E-state index in [1.54, 1.807) is 6.08 Å². The SMILES string of the molecule is C=CCNC(=O)C1CC1C(=O)NC1CCCCCC1. The summed E-state index contributed by atoms with van der Waals surface area (Å²) in [6, 6.07) is 0.326. The maximum Gasteiger partial charge on any atom is 0.224 e. The second-order valence-corrected chi connectivity index (χ2v) is 5.68. The fraction of sp³-hybridized carbons (Fsp3) is 0.733. The molecule has 2 amide bonds. The van der Waals surface area contributed by atoms with Gasteiger partial charge in [0.25, 0.3) is 0 Å². The average molecular weight is 264 g/mol. The lowest BCUT2D eigenvalue weighted by molar-refractivity contribution is -0.127. The van der Waals surface area contributed by atoms with E-state index < -0.39 is 0 Å². The van der Waals surface area contributed by atoms with Gasteiger partial charge < -0.3 is 10.6 Å². The van der Waals surface area contributed by atoms with E-state index in [0.717, 1.165) is 12.8 Å². The highest BCUT2D eigenvalue weighted by molar-refractivity contribution is 5.92. The van der Waals surface area contributed by atoms with Crippen LogP contribution in [0.4, 0.5) is 0 Å². The molecule has 2 atom stereocenters. The first-order valence-corrected chi connectivity index (χ1v) is 7.41. The Hall–Kier alpha value is -1.32. The van der Waals surface area contributed by atoms with E-state index in [4.69, 9.17) is 0 Å². The van der Waals surface area contributed by atoms with Gasteiger partial charge in [-0.3, -0.25) is 9.59 Å². The third-order valence-electron chi connectivity index (χ3n) is 4.09. The minimum Gasteiger partial charge on any atom is -0.353 e. The summed E-state index contributed by atoms with van der Waals surface area (Å²) < 4.78 is 0. The summed E-state index contributed by atoms with van der Waals surface area (Å²) in [7, 11) is 0. The standard InChI is InChI=1S/C15H24N2O2/c1-2-9-16-14(18)12-10-13(12)15(19)17-11-7-5-3-4-6-8-11/h2,11-13H,1,3-10H2,(H,16,18)(H,17,19). The molecule has 2 N–H and O–H groups in total. The van der Waals surface area contributed by atoms with Crippen molar-refractivity contribution in [2.75, 3.05) is 6.54 Å². The Balaban J connectivity index is 1.72. The number of carbonyl (C=O) groups excluding carboxylic acids is 2. The van der Waals surface area contributed by atoms with Gasteiger partial charge in [-0.25, -0.2) is 0 Å². The van der Waals surface area contributed by atoms with Crippen LogP contribution in [0.2, 0.25) is 0 Å². The molecule has 0 heterocycles. The smallest absolute Gasteiger partial charge is 0.224 e. The molecule has 106 valence electrons. The van der Waals surface area contributed by atoms with Crippen molar-refractivity contribution in [3.05, 3.63) is 12.7 Å². The molecule has 0 saturated heterocycles. The topological polar surface area (TPSA) is 58.2 Å². The van der Waals surface area contributed by atoms with Gasteiger partial charge >= 0.3 is 0 Å². The number of carbonyl (C=O) groups is 2. The van der Waals surface area contributed by atoms with Crippen molar-refractivity contribution >= 4 is 11.8 Å². The largest absolute Gasteiger partial charge is 0.353 e. The number of hydrogen-bond acceptors (Lipinski definition) is 2. The summed E-state index contributed by atoms with van der Waals surface area (Å²) in [5.41, 5.74) is 0. The minimum atomic E-state index is -0.120. The second kappa shape index (κ2) is 6.73. The molecule has 2 saturated carbocycles. The van der Waals surface area contributed by atoms with E-state index >= 15 is 0 Å². The molecule has 0 bridgehead atoms. The summed E-state index contributed by atoms with van der Waals surface area (Å²) >= 11 is 0. The lowest BCUT2D eigenvalue weighted by atomic mass is 10.1. The van der Waals surface area contributed by atoms with Crippen molar-refractivity contribution in [3.63, 3.8) is 0 Å². The molecule has 2 aliphatic rings. The quantitative estimate of drug-likeness (QED) is 0.587. The molecule has 0 aliphatic heterocycles. The Morgan fingerprint density at radius 3 is 2.32 bits per heavy atom. The molecule has 0 aromatic rings. The minimum absolute atomic E-state index is 0.0130. The third kappa shape index (κ3) is 4.08. The fourth-order valence-electron chi connectivity index (χ4n) is 2.81. The predicted molar refractivity (Wildman–Crippen MR) is 74.4 cm³/mol. The number of nitrogens with one attached hydrogen (secondary N) is 2. The van der Waals surface area contributed by atoms with Crippen molar-refractivity contribution in [2.45, 2.75) is 51.0 Å². The van der Waals surface area contributed by atoms with Crippen LogP contribution in [0.5, 0.6) is 0 Å². The molecule has 4 heteroatoms. The van der Waals surface area contributed by atoms with Crippen molar-refractivity contribution in [3.8, 4) is 0 Å². The predicted octanol–water partition coefficient (Wildman–Crippen LogP) is 1.76. The summed E-state index contributed by atoms with van der Waals surface area (Å²) in [6.45, 7) is 4.04. The van der Waals surface area contributed by atoms with Crippen molar-refractivity contribution in [2.24, 2.45) is 11.8 Å². The van der Waals surface area contributed by atoms with Gasteiger partial charge in [0.15, 0.2) is 0 Å². The molecule has 0 aromatic carbocycles. The van der Waals surface area contributed by atoms with Crippen LogP contribution in [0.25, 0.3) is 0 Å². The van der Waals surface area contributed by atoms with Gasteiger partial charge in [0.1, 0.15) is 0 Å². The van der Waals surface area contributed by atoms with Crippen molar-refractivity contribution < 1.29 is 9.59 Å². The monoisotopic (exact) mass is 264 g/mol. The molecule has 0 aromatic heterocycles. The molecule has 2 rings (SSSR count). The summed E-state index contributed by atoms with van der Waals surface area (Å²) in [5, 5.41) is 5.88. The van der Waals surface area contributed by atoms with Crippen LogP contribution < -0.4 is 10.6 Å². The van der Waals surface area contributed by atoms with Crippen LogP contribution >= 0.6 is 0 Å². The van der Waals surface area contributed by atoms with Crippen LogP contribution in [-0.4, -0.2) is 24.4 Å². The van der Waals surface area contributed by atoms with Gasteiger partial charge in [0.05, 0.1) is 11.8 Å². The highest BCUT2D eigenvalue weighted by Crippen LogP contribution is 2.39. The average Bonchev–Trinajstić information content (AvgIpc) is 3.20. The zero-order chi connectivity index (χ0) is 13.7. The first-order chi connectivity index (χ1) is 9.22. The summed E-state index contributed by atoms with van der Waals surface area (Å²) in [4.78, 5) is 23.8. The maximum absolute atomic E-state index is 12.1. The Bertz CT molecular complexity index is 346. The molecule has 0 spiro atoms. The maximum atomic E-state index is 12.1. The molecule has 0 radical (unpaired) electrons. The normalized spacial score (nSPS) is 27.2. The van der Waals surface area contributed by atoms with Crippen molar-refractivity contribution in [1.82, 2.24) is 10.6 Å². The third-order valence-corrected chi connectivity index (χ3v) is 4.09. The Morgan fingerprint density at radius 1 is 1.05 bits per heavy atom. The van der Waals surface area contributed by atoms with Gasteiger partial charge in [-0.15, -0.1) is 6.58 Å². The Kier molecular flexibility index (Phi) is 5.00. The van der Waals surface area contributed by atoms with E-state index in [1.165, 1.54) is 25.7 Å². The molecular formula is C15H24N2O2. The lowest BCUT2D eigenvalue weighted by Gasteiger charge is -2.16. The summed E-state index contributed by atoms with van der Waals surface area (Å²) in [6.07, 6.45) is 9.50. The first kappa shape index (κ1) is 14.1. The van der Waals surface area contributed by atoms with Crippen LogP contribution in [0.15, 0.2) is 12.7 Å². The van der Waals surface area contributed by atoms with Gasteiger partial charge in [0.2, 0.25) is 11.8 Å². The lowest BCUT2D eigenvalue weighted by Crippen LogP contribution is -2.37. The number of amides is 2. The van der Waals surface area contributed by atoms with E-state index in [9.17, 15) is 9.59 Å². The van der Waals surface area contributed by atoms with Gasteiger partial charge in [-0.1, -0.05) is 31.8 Å². The van der Waals surface area contributed by atoms with E-state index in [0.29, 0.717) is 19.0 Å². The van der Waals surface area contributed by atoms with E-state index in [2.05, 4.69) is 17.2 Å². The first-order valence-electron chi connectivity index (χ1n) is 7.41. The van der Waals surface area contributed by atoms with E-state index in [-0.39, 0.29) is 23.7 Å². The highest BCUT2D eigenvalue weighted by atomic mass is 16.2. The number of hydrogen-bond donors (Lipinski definition) is 2. The molecule has 4 nitrogen and oxygen atoms in total. The molecule has 19 heavy (non-hydrogen) atoms. The zero-order valence-electron chi connectivity index (χ0n) is 11.5. The van der Waals surface area contributed by atoms with Crippen LogP contribution in [-0.2, 0) is 9.59 Å². The highest BCUT2D eigenvalue weighted by Gasteiger charge is 2.48. The molecule has 2 aliphatic carbocycles. The molecule has 2 fully saturated rings. The Labute approximate surface area is 115 Å². The van der Waals surface area contributed by atoms with Gasteiger partial charge in [0, 0.05) is 12.6 Å². The number of rotatable bonds is 5. The fourth-order valence-corrected chi connectivity index (χ4v) is 2.81. The zero-order valence-corrected chi connectivity index (χ0v) is 11.5. The molecule has 2 unspecified atom stereocenters. The Morgan fingerprint density at radius 2 is 1.68 bits per heavy atom. The van der Waals surface area contributed by atoms with Crippen molar-refractivity contribution in [1.29, 1.82) is 0 Å². The summed E-state index contributed by atoms with van der Waals surface area (Å²) in [5.74, 6) is -0.162. The van der Waals surface area contributed by atoms with Crippen LogP contribution in [0, 0.1) is 11.8 Å².